The van der Waals surface area contributed by atoms with Crippen molar-refractivity contribution in [3.63, 3.8) is 0 Å². The van der Waals surface area contributed by atoms with Crippen molar-refractivity contribution < 1.29 is 4.79 Å². The van der Waals surface area contributed by atoms with Crippen LogP contribution in [0.3, 0.4) is 0 Å². The highest BCUT2D eigenvalue weighted by Gasteiger charge is 1.76. The van der Waals surface area contributed by atoms with Gasteiger partial charge in [0.05, 0.1) is 0 Å². The van der Waals surface area contributed by atoms with Gasteiger partial charge in [0.25, 0.3) is 0 Å². The Morgan fingerprint density at radius 1 is 1.00 bits per heavy atom. The molecule has 0 aliphatic carbocycles. The molecule has 0 saturated heterocycles. The van der Waals surface area contributed by atoms with Gasteiger partial charge in [-0.25, -0.2) is 0 Å². The highest BCUT2D eigenvalue weighted by atomic mass is 32.2. The lowest BCUT2D eigenvalue weighted by Crippen LogP contribution is -1.80. The van der Waals surface area contributed by atoms with Crippen molar-refractivity contribution in [2.45, 2.75) is 62.8 Å². The lowest BCUT2D eigenvalue weighted by molar-refractivity contribution is -0.116. The summed E-state index contributed by atoms with van der Waals surface area (Å²) in [5, 5.41) is 0. The topological polar surface area (TPSA) is 17.1 Å². The van der Waals surface area contributed by atoms with Crippen LogP contribution in [0.25, 0.3) is 0 Å². The molecule has 14 heavy (non-hydrogen) atoms. The molecule has 1 nitrogen and oxygen atoms in total. The molecule has 0 amide bonds. The Labute approximate surface area is 98.1 Å². The molecule has 0 unspecified atom stereocenters. The molecule has 0 aromatic carbocycles. The largest absolute Gasteiger partial charge is 0.300 e. The molecule has 0 atom stereocenters. The number of thioether (sulfide) groups is 1. The molecule has 0 rings (SSSR count). The maximum absolute atomic E-state index is 9.81. The van der Waals surface area contributed by atoms with E-state index in [9.17, 15) is 4.79 Å². The number of carbonyl (C=O) groups excluding carboxylic acids is 1. The predicted molar refractivity (Wildman–Crippen MR) is 76.6 cm³/mol. The minimum atomic E-state index is 0. The van der Waals surface area contributed by atoms with Crippen LogP contribution in [-0.4, -0.2) is 18.3 Å². The highest BCUT2D eigenvalue weighted by Crippen LogP contribution is 1.71. The van der Waals surface area contributed by atoms with Crippen molar-refractivity contribution in [3.8, 4) is 0 Å². The van der Waals surface area contributed by atoms with Crippen molar-refractivity contribution in [1.82, 2.24) is 0 Å². The van der Waals surface area contributed by atoms with Crippen molar-refractivity contribution in [1.29, 1.82) is 0 Å². The molecule has 0 heterocycles. The zero-order chi connectivity index (χ0) is 9.70. The monoisotopic (exact) mass is 226 g/mol. The van der Waals surface area contributed by atoms with E-state index in [-0.39, 0.29) is 28.1 Å². The molecule has 94 valence electrons. The Kier molecular flexibility index (Phi) is 137. The van der Waals surface area contributed by atoms with Gasteiger partial charge >= 0.3 is 0 Å². The van der Waals surface area contributed by atoms with Gasteiger partial charge in [-0.05, 0) is 19.4 Å². The van der Waals surface area contributed by atoms with Crippen LogP contribution in [0.4, 0.5) is 0 Å². The van der Waals surface area contributed by atoms with Gasteiger partial charge in [-0.3, -0.25) is 0 Å². The summed E-state index contributed by atoms with van der Waals surface area (Å²) < 4.78 is 0. The molecule has 0 fully saturated rings. The summed E-state index contributed by atoms with van der Waals surface area (Å²) in [4.78, 5) is 9.81. The third-order valence-electron chi connectivity index (χ3n) is 0.498. The van der Waals surface area contributed by atoms with Crippen molar-refractivity contribution in [3.05, 3.63) is 0 Å². The van der Waals surface area contributed by atoms with Crippen molar-refractivity contribution in [2.24, 2.45) is 0 Å². The average molecular weight is 226 g/mol. The third kappa shape index (κ3) is 358. The van der Waals surface area contributed by atoms with E-state index in [0.717, 1.165) is 0 Å². The molecule has 0 aromatic rings. The fourth-order valence-electron chi connectivity index (χ4n) is 0. The summed E-state index contributed by atoms with van der Waals surface area (Å²) in [7, 11) is 0. The van der Waals surface area contributed by atoms with Crippen LogP contribution in [0, 0.1) is 0 Å². The molecule has 0 radical (unpaired) electrons. The maximum Gasteiger partial charge on any atom is 0.129 e. The Balaban J connectivity index is -0.0000000162. The molecular formula is C12H34OS. The predicted octanol–water partition coefficient (Wildman–Crippen LogP) is 5.29. The second-order valence-corrected chi connectivity index (χ2v) is 2.99. The molecule has 0 aliphatic heterocycles. The standard InChI is InChI=1S/C4H8O.C3H8.C2H6S.3CH4/c1-3-4(2)5;2*1-3-2;;;/h3H2,1-2H3;3H2,1-2H3;1-2H3;3*1H4. The number of hydrogen-bond donors (Lipinski definition) is 0. The van der Waals surface area contributed by atoms with E-state index in [2.05, 4.69) is 13.8 Å². The maximum atomic E-state index is 9.81. The first kappa shape index (κ1) is 37.0. The van der Waals surface area contributed by atoms with E-state index in [1.165, 1.54) is 6.42 Å². The number of hydrogen-bond acceptors (Lipinski definition) is 2. The summed E-state index contributed by atoms with van der Waals surface area (Å²) in [6.07, 6.45) is 6.00. The molecule has 2 heteroatoms. The summed E-state index contributed by atoms with van der Waals surface area (Å²) in [5.41, 5.74) is 0. The minimum Gasteiger partial charge on any atom is -0.300 e. The van der Waals surface area contributed by atoms with Gasteiger partial charge in [-0.15, -0.1) is 0 Å². The lowest BCUT2D eigenvalue weighted by Gasteiger charge is -1.71. The highest BCUT2D eigenvalue weighted by molar-refractivity contribution is 7.97. The van der Waals surface area contributed by atoms with E-state index < -0.39 is 0 Å². The van der Waals surface area contributed by atoms with Crippen LogP contribution in [0.15, 0.2) is 0 Å². The molecule has 0 saturated carbocycles. The second kappa shape index (κ2) is 51.9. The zero-order valence-electron chi connectivity index (χ0n) is 8.73. The summed E-state index contributed by atoms with van der Waals surface area (Å²) in [6, 6.07) is 0. The average Bonchev–Trinajstić information content (AvgIpc) is 1.91. The van der Waals surface area contributed by atoms with E-state index in [1.807, 2.05) is 19.4 Å². The van der Waals surface area contributed by atoms with Crippen molar-refractivity contribution >= 4 is 17.5 Å². The van der Waals surface area contributed by atoms with Gasteiger partial charge in [-0.1, -0.05) is 49.5 Å². The van der Waals surface area contributed by atoms with Crippen LogP contribution in [0.5, 0.6) is 0 Å². The van der Waals surface area contributed by atoms with Gasteiger partial charge in [0.2, 0.25) is 0 Å². The van der Waals surface area contributed by atoms with Crippen LogP contribution >= 0.6 is 11.8 Å². The second-order valence-electron chi connectivity index (χ2n) is 2.17. The van der Waals surface area contributed by atoms with E-state index >= 15 is 0 Å². The Hall–Kier alpha value is 0.0200. The zero-order valence-corrected chi connectivity index (χ0v) is 9.55. The minimum absolute atomic E-state index is 0. The van der Waals surface area contributed by atoms with Gasteiger partial charge < -0.3 is 4.79 Å². The fourth-order valence-corrected chi connectivity index (χ4v) is 0. The van der Waals surface area contributed by atoms with Gasteiger partial charge in [-0.2, -0.15) is 11.8 Å². The number of Topliss-reactive ketones (excluding diaryl/α,β-unsaturated/α-hetero) is 1. The number of ketones is 1. The molecule has 0 N–H and O–H groups in total. The van der Waals surface area contributed by atoms with Crippen molar-refractivity contribution in [2.75, 3.05) is 12.5 Å². The van der Waals surface area contributed by atoms with Gasteiger partial charge in [0, 0.05) is 6.42 Å². The third-order valence-corrected chi connectivity index (χ3v) is 0.498. The normalized spacial score (nSPS) is 5.29. The summed E-state index contributed by atoms with van der Waals surface area (Å²) >= 11 is 1.75. The van der Waals surface area contributed by atoms with Crippen LogP contribution in [0.2, 0.25) is 0 Å². The quantitative estimate of drug-likeness (QED) is 0.604. The Bertz CT molecular complexity index is 61.3. The number of carbonyl (C=O) groups is 1. The van der Waals surface area contributed by atoms with Crippen LogP contribution in [0.1, 0.15) is 62.8 Å². The summed E-state index contributed by atoms with van der Waals surface area (Å²) in [5.74, 6) is 0.255. The molecule has 0 spiro atoms. The first-order chi connectivity index (χ1) is 5.10. The van der Waals surface area contributed by atoms with E-state index in [4.69, 9.17) is 0 Å². The van der Waals surface area contributed by atoms with E-state index in [0.29, 0.717) is 6.42 Å². The molecule has 0 aromatic heterocycles. The smallest absolute Gasteiger partial charge is 0.129 e. The summed E-state index contributed by atoms with van der Waals surface area (Å²) in [6.45, 7) is 7.68. The fraction of sp³-hybridized carbons (Fsp3) is 0.917. The van der Waals surface area contributed by atoms with Crippen LogP contribution in [-0.2, 0) is 4.79 Å². The van der Waals surface area contributed by atoms with Gasteiger partial charge in [0.1, 0.15) is 5.78 Å². The lowest BCUT2D eigenvalue weighted by atomic mass is 10.4. The molecular weight excluding hydrogens is 192 g/mol. The number of rotatable bonds is 1. The first-order valence-electron chi connectivity index (χ1n) is 4.00. The molecule has 0 bridgehead atoms. The van der Waals surface area contributed by atoms with Crippen LogP contribution < -0.4 is 0 Å². The first-order valence-corrected chi connectivity index (χ1v) is 5.63. The molecule has 0 aliphatic rings. The SMILES string of the molecule is C.C.C.CCC.CCC(C)=O.CSC. The van der Waals surface area contributed by atoms with E-state index in [1.54, 1.807) is 18.7 Å². The van der Waals surface area contributed by atoms with Gasteiger partial charge in [0.15, 0.2) is 0 Å². The Morgan fingerprint density at radius 3 is 1.07 bits per heavy atom. The Morgan fingerprint density at radius 2 is 1.07 bits per heavy atom.